The zero-order valence-electron chi connectivity index (χ0n) is 7.62. The summed E-state index contributed by atoms with van der Waals surface area (Å²) in [7, 11) is 0. The minimum absolute atomic E-state index is 0.00685. The number of hydrogen-bond acceptors (Lipinski definition) is 2. The van der Waals surface area contributed by atoms with Gasteiger partial charge in [-0.1, -0.05) is 0 Å². The summed E-state index contributed by atoms with van der Waals surface area (Å²) in [4.78, 5) is 24.0. The number of carbonyl (C=O) groups is 2. The predicted molar refractivity (Wildman–Crippen MR) is 45.1 cm³/mol. The number of carboxylic acids is 1. The van der Waals surface area contributed by atoms with Crippen LogP contribution in [0.2, 0.25) is 0 Å². The molecule has 1 N–H and O–H groups in total. The van der Waals surface area contributed by atoms with Gasteiger partial charge in [-0.25, -0.2) is 4.79 Å². The Morgan fingerprint density at radius 3 is 2.69 bits per heavy atom. The van der Waals surface area contributed by atoms with Crippen molar-refractivity contribution in [2.24, 2.45) is 0 Å². The highest BCUT2D eigenvalue weighted by Gasteiger charge is 2.52. The van der Waals surface area contributed by atoms with Gasteiger partial charge >= 0.3 is 5.97 Å². The predicted octanol–water partition coefficient (Wildman–Crippen LogP) is 0.615. The Balaban J connectivity index is 2.27. The van der Waals surface area contributed by atoms with Gasteiger partial charge in [-0.15, -0.1) is 0 Å². The molecule has 2 aliphatic rings. The van der Waals surface area contributed by atoms with Crippen LogP contribution in [0.1, 0.15) is 32.6 Å². The number of amides is 1. The van der Waals surface area contributed by atoms with Crippen molar-refractivity contribution in [2.75, 3.05) is 0 Å². The number of hydrogen-bond donors (Lipinski definition) is 1. The quantitative estimate of drug-likeness (QED) is 0.682. The van der Waals surface area contributed by atoms with Crippen LogP contribution in [-0.2, 0) is 9.59 Å². The average molecular weight is 183 g/mol. The summed E-state index contributed by atoms with van der Waals surface area (Å²) in [6, 6.07) is 0.205. The van der Waals surface area contributed by atoms with Crippen molar-refractivity contribution in [3.63, 3.8) is 0 Å². The van der Waals surface area contributed by atoms with Gasteiger partial charge < -0.3 is 10.0 Å². The van der Waals surface area contributed by atoms with Gasteiger partial charge in [-0.2, -0.15) is 0 Å². The summed E-state index contributed by atoms with van der Waals surface area (Å²) in [6.45, 7) is 1.65. The highest BCUT2D eigenvalue weighted by Crippen LogP contribution is 2.40. The summed E-state index contributed by atoms with van der Waals surface area (Å²) in [5.74, 6) is -0.863. The van der Waals surface area contributed by atoms with Gasteiger partial charge in [0.25, 0.3) is 0 Å². The lowest BCUT2D eigenvalue weighted by atomic mass is 9.99. The van der Waals surface area contributed by atoms with Gasteiger partial charge in [0.2, 0.25) is 5.91 Å². The maximum atomic E-state index is 11.4. The molecule has 4 nitrogen and oxygen atoms in total. The van der Waals surface area contributed by atoms with E-state index in [1.54, 1.807) is 11.8 Å². The van der Waals surface area contributed by atoms with E-state index in [1.165, 1.54) is 0 Å². The summed E-state index contributed by atoms with van der Waals surface area (Å²) in [5, 5.41) is 9.04. The van der Waals surface area contributed by atoms with Gasteiger partial charge in [0.15, 0.2) is 0 Å². The topological polar surface area (TPSA) is 57.6 Å². The molecule has 0 aromatic carbocycles. The second-order valence-corrected chi connectivity index (χ2v) is 4.07. The summed E-state index contributed by atoms with van der Waals surface area (Å²) in [5.41, 5.74) is -0.932. The minimum Gasteiger partial charge on any atom is -0.480 e. The standard InChI is InChI=1S/C9H13NO3/c1-9(8(12)13)5-4-7(11)10(9)6-2-3-6/h6H,2-5H2,1H3,(H,12,13)/t9-/m0/s1. The zero-order valence-corrected chi connectivity index (χ0v) is 7.62. The Labute approximate surface area is 76.5 Å². The number of rotatable bonds is 2. The second kappa shape index (κ2) is 2.47. The molecule has 0 aromatic heterocycles. The van der Waals surface area contributed by atoms with Crippen LogP contribution in [0.15, 0.2) is 0 Å². The van der Waals surface area contributed by atoms with E-state index in [4.69, 9.17) is 5.11 Å². The molecule has 0 bridgehead atoms. The smallest absolute Gasteiger partial charge is 0.329 e. The summed E-state index contributed by atoms with van der Waals surface area (Å²) < 4.78 is 0. The van der Waals surface area contributed by atoms with Crippen LogP contribution in [0, 0.1) is 0 Å². The Bertz CT molecular complexity index is 272. The van der Waals surface area contributed by atoms with Gasteiger partial charge in [-0.05, 0) is 26.2 Å². The van der Waals surface area contributed by atoms with Crippen molar-refractivity contribution in [2.45, 2.75) is 44.2 Å². The molecule has 1 saturated heterocycles. The first-order valence-corrected chi connectivity index (χ1v) is 4.61. The first-order chi connectivity index (χ1) is 6.05. The largest absolute Gasteiger partial charge is 0.480 e. The Morgan fingerprint density at radius 1 is 1.62 bits per heavy atom. The number of nitrogens with zero attached hydrogens (tertiary/aromatic N) is 1. The highest BCUT2D eigenvalue weighted by atomic mass is 16.4. The molecule has 1 saturated carbocycles. The van der Waals surface area contributed by atoms with Gasteiger partial charge in [0, 0.05) is 12.5 Å². The molecule has 2 rings (SSSR count). The third kappa shape index (κ3) is 1.12. The van der Waals surface area contributed by atoms with E-state index in [9.17, 15) is 9.59 Å². The highest BCUT2D eigenvalue weighted by molar-refractivity contribution is 5.91. The molecule has 0 aromatic rings. The number of carboxylic acid groups (broad SMARTS) is 1. The summed E-state index contributed by atoms with van der Waals surface area (Å²) in [6.07, 6.45) is 2.78. The molecule has 72 valence electrons. The van der Waals surface area contributed by atoms with Gasteiger partial charge in [0.05, 0.1) is 0 Å². The molecule has 13 heavy (non-hydrogen) atoms. The van der Waals surface area contributed by atoms with E-state index in [0.29, 0.717) is 12.8 Å². The van der Waals surface area contributed by atoms with Crippen molar-refractivity contribution in [3.05, 3.63) is 0 Å². The molecule has 1 amide bonds. The lowest BCUT2D eigenvalue weighted by molar-refractivity contribution is -0.153. The lowest BCUT2D eigenvalue weighted by Gasteiger charge is -2.31. The molecular weight excluding hydrogens is 170 g/mol. The molecule has 0 radical (unpaired) electrons. The van der Waals surface area contributed by atoms with Crippen LogP contribution < -0.4 is 0 Å². The van der Waals surface area contributed by atoms with E-state index >= 15 is 0 Å². The SMILES string of the molecule is C[C@@]1(C(=O)O)CCC(=O)N1C1CC1. The number of aliphatic carboxylic acids is 1. The molecule has 1 heterocycles. The van der Waals surface area contributed by atoms with Crippen LogP contribution in [0.3, 0.4) is 0 Å². The molecule has 1 aliphatic heterocycles. The van der Waals surface area contributed by atoms with E-state index in [-0.39, 0.29) is 11.9 Å². The van der Waals surface area contributed by atoms with E-state index in [2.05, 4.69) is 0 Å². The fourth-order valence-electron chi connectivity index (χ4n) is 2.02. The first kappa shape index (κ1) is 8.53. The molecule has 0 unspecified atom stereocenters. The lowest BCUT2D eigenvalue weighted by Crippen LogP contribution is -2.50. The maximum Gasteiger partial charge on any atom is 0.329 e. The molecule has 4 heteroatoms. The van der Waals surface area contributed by atoms with Gasteiger partial charge in [-0.3, -0.25) is 4.79 Å². The third-order valence-electron chi connectivity index (χ3n) is 3.00. The summed E-state index contributed by atoms with van der Waals surface area (Å²) >= 11 is 0. The molecule has 0 spiro atoms. The number of carbonyl (C=O) groups excluding carboxylic acids is 1. The molecular formula is C9H13NO3. The third-order valence-corrected chi connectivity index (χ3v) is 3.00. The van der Waals surface area contributed by atoms with E-state index < -0.39 is 11.5 Å². The van der Waals surface area contributed by atoms with Crippen LogP contribution in [0.5, 0.6) is 0 Å². The van der Waals surface area contributed by atoms with Gasteiger partial charge in [0.1, 0.15) is 5.54 Å². The Kier molecular flexibility index (Phi) is 1.62. The van der Waals surface area contributed by atoms with Crippen LogP contribution >= 0.6 is 0 Å². The monoisotopic (exact) mass is 183 g/mol. The van der Waals surface area contributed by atoms with E-state index in [0.717, 1.165) is 12.8 Å². The maximum absolute atomic E-state index is 11.4. The Hall–Kier alpha value is -1.06. The Morgan fingerprint density at radius 2 is 2.23 bits per heavy atom. The van der Waals surface area contributed by atoms with Crippen molar-refractivity contribution in [1.82, 2.24) is 4.90 Å². The average Bonchev–Trinajstić information content (AvgIpc) is 2.81. The van der Waals surface area contributed by atoms with Crippen LogP contribution in [-0.4, -0.2) is 33.5 Å². The molecule has 1 aliphatic carbocycles. The zero-order chi connectivity index (χ0) is 9.64. The molecule has 1 atom stereocenters. The van der Waals surface area contributed by atoms with E-state index in [1.807, 2.05) is 0 Å². The minimum atomic E-state index is -0.932. The van der Waals surface area contributed by atoms with Crippen LogP contribution in [0.4, 0.5) is 0 Å². The van der Waals surface area contributed by atoms with Crippen molar-refractivity contribution < 1.29 is 14.7 Å². The fourth-order valence-corrected chi connectivity index (χ4v) is 2.02. The first-order valence-electron chi connectivity index (χ1n) is 4.61. The second-order valence-electron chi connectivity index (χ2n) is 4.07. The van der Waals surface area contributed by atoms with Crippen molar-refractivity contribution in [3.8, 4) is 0 Å². The van der Waals surface area contributed by atoms with Crippen LogP contribution in [0.25, 0.3) is 0 Å². The van der Waals surface area contributed by atoms with Crippen molar-refractivity contribution >= 4 is 11.9 Å². The number of likely N-dealkylation sites (tertiary alicyclic amines) is 1. The van der Waals surface area contributed by atoms with Crippen molar-refractivity contribution in [1.29, 1.82) is 0 Å². The normalized spacial score (nSPS) is 33.9. The molecule has 2 fully saturated rings. The fraction of sp³-hybridized carbons (Fsp3) is 0.778.